The first-order chi connectivity index (χ1) is 13.1. The van der Waals surface area contributed by atoms with Crippen LogP contribution in [-0.2, 0) is 14.8 Å². The van der Waals surface area contributed by atoms with Crippen LogP contribution in [0.15, 0.2) is 47.4 Å². The lowest BCUT2D eigenvalue weighted by Crippen LogP contribution is -2.27. The van der Waals surface area contributed by atoms with E-state index in [0.717, 1.165) is 5.56 Å². The number of primary sulfonamides is 1. The van der Waals surface area contributed by atoms with E-state index >= 15 is 0 Å². The molecule has 0 aliphatic heterocycles. The molecule has 152 valence electrons. The molecule has 0 saturated heterocycles. The van der Waals surface area contributed by atoms with Gasteiger partial charge in [0.15, 0.2) is 0 Å². The first-order valence-corrected chi connectivity index (χ1v) is 10.5. The van der Waals surface area contributed by atoms with Crippen LogP contribution in [0.2, 0.25) is 5.02 Å². The average molecular weight is 426 g/mol. The third-order valence-electron chi connectivity index (χ3n) is 4.48. The van der Waals surface area contributed by atoms with E-state index in [0.29, 0.717) is 23.0 Å². The second kappa shape index (κ2) is 9.38. The Morgan fingerprint density at radius 3 is 2.46 bits per heavy atom. The van der Waals surface area contributed by atoms with Gasteiger partial charge in [-0.2, -0.15) is 0 Å². The second-order valence-corrected chi connectivity index (χ2v) is 8.41. The molecule has 0 heterocycles. The lowest BCUT2D eigenvalue weighted by molar-refractivity contribution is -0.116. The molecule has 2 aromatic carbocycles. The summed E-state index contributed by atoms with van der Waals surface area (Å²) in [5.41, 5.74) is 1.45. The number of amides is 1. The molecule has 0 aliphatic carbocycles. The van der Waals surface area contributed by atoms with Gasteiger partial charge in [0, 0.05) is 24.0 Å². The molecule has 3 N–H and O–H groups in total. The maximum atomic E-state index is 12.3. The van der Waals surface area contributed by atoms with Crippen LogP contribution < -0.4 is 15.2 Å². The molecule has 0 radical (unpaired) electrons. The molecule has 1 unspecified atom stereocenters. The topological polar surface area (TPSA) is 102 Å². The smallest absolute Gasteiger partial charge is 0.238 e. The Kier molecular flexibility index (Phi) is 7.42. The number of ether oxygens (including phenoxy) is 1. The van der Waals surface area contributed by atoms with Gasteiger partial charge in [-0.15, -0.1) is 0 Å². The molecule has 1 amide bonds. The fraction of sp³-hybridized carbons (Fsp3) is 0.316. The minimum atomic E-state index is -3.71. The lowest BCUT2D eigenvalue weighted by Gasteiger charge is -2.25. The lowest BCUT2D eigenvalue weighted by atomic mass is 10.1. The Morgan fingerprint density at radius 1 is 1.25 bits per heavy atom. The van der Waals surface area contributed by atoms with Crippen molar-refractivity contribution in [3.05, 3.63) is 53.1 Å². The Balaban J connectivity index is 1.95. The summed E-state index contributed by atoms with van der Waals surface area (Å²) in [5.74, 6) is 0.374. The van der Waals surface area contributed by atoms with E-state index in [2.05, 4.69) is 5.32 Å². The van der Waals surface area contributed by atoms with Crippen molar-refractivity contribution in [1.29, 1.82) is 0 Å². The number of nitrogens with two attached hydrogens (primary N) is 1. The first-order valence-electron chi connectivity index (χ1n) is 8.58. The number of sulfonamides is 1. The number of carbonyl (C=O) groups excluding carboxylic acids is 1. The summed E-state index contributed by atoms with van der Waals surface area (Å²) in [5, 5.41) is 8.43. The summed E-state index contributed by atoms with van der Waals surface area (Å²) >= 11 is 5.97. The number of benzene rings is 2. The Bertz CT molecular complexity index is 933. The molecular formula is C19H24ClN3O4S. The molecule has 7 nitrogen and oxygen atoms in total. The molecule has 2 aromatic rings. The number of carbonyl (C=O) groups is 1. The Labute approximate surface area is 170 Å². The van der Waals surface area contributed by atoms with Crippen molar-refractivity contribution in [3.8, 4) is 5.75 Å². The maximum Gasteiger partial charge on any atom is 0.238 e. The van der Waals surface area contributed by atoms with Crippen molar-refractivity contribution in [3.63, 3.8) is 0 Å². The van der Waals surface area contributed by atoms with Crippen LogP contribution >= 0.6 is 11.6 Å². The molecule has 0 aromatic heterocycles. The van der Waals surface area contributed by atoms with E-state index in [1.807, 2.05) is 18.9 Å². The number of rotatable bonds is 8. The predicted molar refractivity (Wildman–Crippen MR) is 110 cm³/mol. The van der Waals surface area contributed by atoms with Gasteiger partial charge in [0.2, 0.25) is 15.9 Å². The third-order valence-corrected chi connectivity index (χ3v) is 5.64. The SMILES string of the molecule is COc1ccc(Cl)cc1NC(=O)CCN(C)C(C)c1ccc(S(N)(=O)=O)cc1. The van der Waals surface area contributed by atoms with Crippen LogP contribution in [0.3, 0.4) is 0 Å². The molecule has 1 atom stereocenters. The molecule has 0 saturated carbocycles. The zero-order valence-corrected chi connectivity index (χ0v) is 17.5. The highest BCUT2D eigenvalue weighted by atomic mass is 35.5. The van der Waals surface area contributed by atoms with Gasteiger partial charge in [-0.25, -0.2) is 13.6 Å². The highest BCUT2D eigenvalue weighted by Crippen LogP contribution is 2.28. The van der Waals surface area contributed by atoms with Gasteiger partial charge >= 0.3 is 0 Å². The molecule has 0 bridgehead atoms. The average Bonchev–Trinajstić information content (AvgIpc) is 2.65. The Hall–Kier alpha value is -2.13. The molecule has 0 fully saturated rings. The fourth-order valence-corrected chi connectivity index (χ4v) is 3.34. The van der Waals surface area contributed by atoms with Crippen LogP contribution in [0.25, 0.3) is 0 Å². The number of nitrogens with one attached hydrogen (secondary N) is 1. The zero-order valence-electron chi connectivity index (χ0n) is 16.0. The molecular weight excluding hydrogens is 402 g/mol. The van der Waals surface area contributed by atoms with Gasteiger partial charge in [0.25, 0.3) is 0 Å². The summed E-state index contributed by atoms with van der Waals surface area (Å²) < 4.78 is 27.9. The van der Waals surface area contributed by atoms with Crippen LogP contribution in [0.4, 0.5) is 5.69 Å². The molecule has 9 heteroatoms. The van der Waals surface area contributed by atoms with Crippen molar-refractivity contribution in [2.45, 2.75) is 24.3 Å². The molecule has 2 rings (SSSR count). The third kappa shape index (κ3) is 5.93. The van der Waals surface area contributed by atoms with E-state index in [1.165, 1.54) is 19.2 Å². The fourth-order valence-electron chi connectivity index (χ4n) is 2.65. The van der Waals surface area contributed by atoms with Crippen molar-refractivity contribution in [2.24, 2.45) is 5.14 Å². The van der Waals surface area contributed by atoms with E-state index in [-0.39, 0.29) is 23.3 Å². The quantitative estimate of drug-likeness (QED) is 0.676. The van der Waals surface area contributed by atoms with E-state index in [1.54, 1.807) is 30.3 Å². The van der Waals surface area contributed by atoms with E-state index in [9.17, 15) is 13.2 Å². The second-order valence-electron chi connectivity index (χ2n) is 6.41. The van der Waals surface area contributed by atoms with E-state index in [4.69, 9.17) is 21.5 Å². The van der Waals surface area contributed by atoms with Gasteiger partial charge in [-0.3, -0.25) is 9.69 Å². The number of hydrogen-bond donors (Lipinski definition) is 2. The van der Waals surface area contributed by atoms with Crippen LogP contribution in [0.5, 0.6) is 5.75 Å². The van der Waals surface area contributed by atoms with Crippen LogP contribution in [0, 0.1) is 0 Å². The van der Waals surface area contributed by atoms with Gasteiger partial charge in [0.05, 0.1) is 17.7 Å². The van der Waals surface area contributed by atoms with Crippen LogP contribution in [0.1, 0.15) is 24.9 Å². The van der Waals surface area contributed by atoms with Crippen molar-refractivity contribution < 1.29 is 17.9 Å². The minimum Gasteiger partial charge on any atom is -0.495 e. The molecule has 0 aliphatic rings. The first kappa shape index (κ1) is 22.2. The summed E-state index contributed by atoms with van der Waals surface area (Å²) in [7, 11) is -0.294. The normalized spacial score (nSPS) is 12.6. The highest BCUT2D eigenvalue weighted by Gasteiger charge is 2.15. The number of nitrogens with zero attached hydrogens (tertiary/aromatic N) is 1. The predicted octanol–water partition coefficient (Wildman–Crippen LogP) is 3.02. The van der Waals surface area contributed by atoms with Crippen molar-refractivity contribution in [2.75, 3.05) is 26.0 Å². The van der Waals surface area contributed by atoms with Gasteiger partial charge in [-0.05, 0) is 49.9 Å². The summed E-state index contributed by atoms with van der Waals surface area (Å²) in [4.78, 5) is 14.4. The summed E-state index contributed by atoms with van der Waals surface area (Å²) in [6.07, 6.45) is 0.270. The van der Waals surface area contributed by atoms with Crippen LogP contribution in [-0.4, -0.2) is 39.9 Å². The highest BCUT2D eigenvalue weighted by molar-refractivity contribution is 7.89. The van der Waals surface area contributed by atoms with E-state index < -0.39 is 10.0 Å². The van der Waals surface area contributed by atoms with Crippen molar-refractivity contribution >= 4 is 33.2 Å². The number of hydrogen-bond acceptors (Lipinski definition) is 5. The van der Waals surface area contributed by atoms with Gasteiger partial charge in [-0.1, -0.05) is 23.7 Å². The number of methoxy groups -OCH3 is 1. The zero-order chi connectivity index (χ0) is 20.9. The van der Waals surface area contributed by atoms with Crippen molar-refractivity contribution in [1.82, 2.24) is 4.90 Å². The van der Waals surface area contributed by atoms with Gasteiger partial charge < -0.3 is 10.1 Å². The number of anilines is 1. The summed E-state index contributed by atoms with van der Waals surface area (Å²) in [6.45, 7) is 2.48. The minimum absolute atomic E-state index is 0.0111. The standard InChI is InChI=1S/C19H24ClN3O4S/c1-13(14-4-7-16(8-5-14)28(21,25)26)23(2)11-10-19(24)22-17-12-15(20)6-9-18(17)27-3/h4-9,12-13H,10-11H2,1-3H3,(H,22,24)(H2,21,25,26). The largest absolute Gasteiger partial charge is 0.495 e. The molecule has 0 spiro atoms. The monoisotopic (exact) mass is 425 g/mol. The van der Waals surface area contributed by atoms with Gasteiger partial charge in [0.1, 0.15) is 5.75 Å². The number of halogens is 1. The summed E-state index contributed by atoms with van der Waals surface area (Å²) in [6, 6.07) is 11.4. The Morgan fingerprint density at radius 2 is 1.89 bits per heavy atom. The molecule has 28 heavy (non-hydrogen) atoms. The maximum absolute atomic E-state index is 12.3.